The van der Waals surface area contributed by atoms with E-state index in [9.17, 15) is 0 Å². The quantitative estimate of drug-likeness (QED) is 0.488. The van der Waals surface area contributed by atoms with E-state index in [1.807, 2.05) is 0 Å². The molecule has 1 aliphatic heterocycles. The minimum Gasteiger partial charge on any atom is -0.365 e. The van der Waals surface area contributed by atoms with E-state index in [2.05, 4.69) is 45.6 Å². The zero-order chi connectivity index (χ0) is 12.2. The first-order chi connectivity index (χ1) is 7.51. The minimum absolute atomic E-state index is 0.147. The van der Waals surface area contributed by atoms with Gasteiger partial charge in [0.1, 0.15) is 0 Å². The molecule has 0 bridgehead atoms. The Morgan fingerprint density at radius 1 is 1.31 bits per heavy atom. The molecule has 0 amide bonds. The number of ether oxygens (including phenoxy) is 1. The lowest BCUT2D eigenvalue weighted by molar-refractivity contribution is 0.251. The maximum atomic E-state index is 5.85. The molecule has 0 aromatic carbocycles. The Balaban J connectivity index is 2.27. The molecule has 2 unspecified atom stereocenters. The van der Waals surface area contributed by atoms with E-state index in [1.54, 1.807) is 0 Å². The van der Waals surface area contributed by atoms with Gasteiger partial charge in [-0.3, -0.25) is 0 Å². The highest BCUT2D eigenvalue weighted by atomic mass is 16.6. The van der Waals surface area contributed by atoms with Crippen LogP contribution in [0.25, 0.3) is 0 Å². The van der Waals surface area contributed by atoms with Crippen LogP contribution in [0, 0.1) is 0 Å². The number of epoxide rings is 1. The van der Waals surface area contributed by atoms with E-state index in [-0.39, 0.29) is 5.60 Å². The van der Waals surface area contributed by atoms with E-state index < -0.39 is 0 Å². The fourth-order valence-corrected chi connectivity index (χ4v) is 2.11. The Kier molecular flexibility index (Phi) is 5.00. The Morgan fingerprint density at radius 2 is 1.94 bits per heavy atom. The molecule has 1 fully saturated rings. The predicted molar refractivity (Wildman–Crippen MR) is 69.7 cm³/mol. The van der Waals surface area contributed by atoms with Crippen LogP contribution in [0.5, 0.6) is 0 Å². The summed E-state index contributed by atoms with van der Waals surface area (Å²) >= 11 is 0. The SMILES string of the molecule is CCN(CC)CC1OC1(C)CCC=C(C)C. The van der Waals surface area contributed by atoms with Crippen LogP contribution in [-0.4, -0.2) is 36.2 Å². The Morgan fingerprint density at radius 3 is 2.44 bits per heavy atom. The second-order valence-electron chi connectivity index (χ2n) is 5.23. The topological polar surface area (TPSA) is 15.8 Å². The molecular formula is C14H27NO. The summed E-state index contributed by atoms with van der Waals surface area (Å²) in [5, 5.41) is 0. The van der Waals surface area contributed by atoms with Gasteiger partial charge in [-0.2, -0.15) is 0 Å². The van der Waals surface area contributed by atoms with Crippen LogP contribution in [0.15, 0.2) is 11.6 Å². The molecule has 1 rings (SSSR count). The number of hydrogen-bond donors (Lipinski definition) is 0. The molecule has 2 atom stereocenters. The van der Waals surface area contributed by atoms with Gasteiger partial charge in [-0.1, -0.05) is 25.5 Å². The van der Waals surface area contributed by atoms with E-state index in [0.29, 0.717) is 6.10 Å². The van der Waals surface area contributed by atoms with Crippen molar-refractivity contribution in [3.63, 3.8) is 0 Å². The van der Waals surface area contributed by atoms with Crippen molar-refractivity contribution in [1.29, 1.82) is 0 Å². The fourth-order valence-electron chi connectivity index (χ4n) is 2.11. The van der Waals surface area contributed by atoms with E-state index >= 15 is 0 Å². The monoisotopic (exact) mass is 225 g/mol. The van der Waals surface area contributed by atoms with Gasteiger partial charge >= 0.3 is 0 Å². The van der Waals surface area contributed by atoms with Crippen molar-refractivity contribution < 1.29 is 4.74 Å². The van der Waals surface area contributed by atoms with Gasteiger partial charge < -0.3 is 9.64 Å². The van der Waals surface area contributed by atoms with Gasteiger partial charge in [-0.15, -0.1) is 0 Å². The Bertz CT molecular complexity index is 241. The van der Waals surface area contributed by atoms with Crippen LogP contribution >= 0.6 is 0 Å². The van der Waals surface area contributed by atoms with Crippen LogP contribution in [-0.2, 0) is 4.74 Å². The van der Waals surface area contributed by atoms with Gasteiger partial charge in [-0.25, -0.2) is 0 Å². The molecule has 1 saturated heterocycles. The number of nitrogens with zero attached hydrogens (tertiary/aromatic N) is 1. The van der Waals surface area contributed by atoms with E-state index in [1.165, 1.54) is 5.57 Å². The van der Waals surface area contributed by atoms with Crippen molar-refractivity contribution in [3.05, 3.63) is 11.6 Å². The number of likely N-dealkylation sites (N-methyl/N-ethyl adjacent to an activating group) is 1. The Labute approximate surface area is 101 Å². The molecule has 16 heavy (non-hydrogen) atoms. The summed E-state index contributed by atoms with van der Waals surface area (Å²) in [6, 6.07) is 0. The van der Waals surface area contributed by atoms with Crippen molar-refractivity contribution in [2.75, 3.05) is 19.6 Å². The zero-order valence-electron chi connectivity index (χ0n) is 11.5. The first kappa shape index (κ1) is 13.7. The third-order valence-electron chi connectivity index (χ3n) is 3.55. The highest BCUT2D eigenvalue weighted by Gasteiger charge is 2.51. The van der Waals surface area contributed by atoms with Crippen molar-refractivity contribution in [3.8, 4) is 0 Å². The molecule has 0 N–H and O–H groups in total. The largest absolute Gasteiger partial charge is 0.365 e. The summed E-state index contributed by atoms with van der Waals surface area (Å²) in [4.78, 5) is 2.44. The molecule has 1 heterocycles. The summed E-state index contributed by atoms with van der Waals surface area (Å²) in [7, 11) is 0. The molecular weight excluding hydrogens is 198 g/mol. The summed E-state index contributed by atoms with van der Waals surface area (Å²) in [6.45, 7) is 14.3. The fraction of sp³-hybridized carbons (Fsp3) is 0.857. The molecule has 2 nitrogen and oxygen atoms in total. The van der Waals surface area contributed by atoms with Gasteiger partial charge in [-0.05, 0) is 46.7 Å². The molecule has 0 radical (unpaired) electrons. The molecule has 0 aromatic rings. The molecule has 0 saturated carbocycles. The lowest BCUT2D eigenvalue weighted by Gasteiger charge is -2.17. The number of hydrogen-bond acceptors (Lipinski definition) is 2. The van der Waals surface area contributed by atoms with Crippen molar-refractivity contribution >= 4 is 0 Å². The predicted octanol–water partition coefficient (Wildman–Crippen LogP) is 3.23. The molecule has 1 aliphatic rings. The average molecular weight is 225 g/mol. The second-order valence-corrected chi connectivity index (χ2v) is 5.23. The number of allylic oxidation sites excluding steroid dienone is 2. The van der Waals surface area contributed by atoms with Crippen LogP contribution in [0.2, 0.25) is 0 Å². The average Bonchev–Trinajstić information content (AvgIpc) is 2.85. The normalized spacial score (nSPS) is 28.2. The van der Waals surface area contributed by atoms with Gasteiger partial charge in [0.25, 0.3) is 0 Å². The maximum Gasteiger partial charge on any atom is 0.0997 e. The molecule has 0 aliphatic carbocycles. The molecule has 94 valence electrons. The highest BCUT2D eigenvalue weighted by Crippen LogP contribution is 2.40. The number of rotatable bonds is 7. The van der Waals surface area contributed by atoms with Gasteiger partial charge in [0.2, 0.25) is 0 Å². The lowest BCUT2D eigenvalue weighted by Crippen LogP contribution is -2.29. The van der Waals surface area contributed by atoms with E-state index in [0.717, 1.165) is 32.5 Å². The van der Waals surface area contributed by atoms with Crippen molar-refractivity contribution in [2.24, 2.45) is 0 Å². The highest BCUT2D eigenvalue weighted by molar-refractivity contribution is 5.03. The first-order valence-electron chi connectivity index (χ1n) is 6.55. The second kappa shape index (κ2) is 5.83. The van der Waals surface area contributed by atoms with E-state index in [4.69, 9.17) is 4.74 Å². The summed E-state index contributed by atoms with van der Waals surface area (Å²) in [6.07, 6.45) is 5.07. The summed E-state index contributed by atoms with van der Waals surface area (Å²) < 4.78 is 5.85. The Hall–Kier alpha value is -0.340. The van der Waals surface area contributed by atoms with Gasteiger partial charge in [0.05, 0.1) is 11.7 Å². The minimum atomic E-state index is 0.147. The molecule has 0 aromatic heterocycles. The smallest absolute Gasteiger partial charge is 0.0997 e. The molecule has 2 heteroatoms. The zero-order valence-corrected chi connectivity index (χ0v) is 11.5. The van der Waals surface area contributed by atoms with Crippen molar-refractivity contribution in [1.82, 2.24) is 4.90 Å². The van der Waals surface area contributed by atoms with Gasteiger partial charge in [0, 0.05) is 6.54 Å². The van der Waals surface area contributed by atoms with Crippen LogP contribution < -0.4 is 0 Å². The van der Waals surface area contributed by atoms with Crippen LogP contribution in [0.4, 0.5) is 0 Å². The summed E-state index contributed by atoms with van der Waals surface area (Å²) in [5.41, 5.74) is 1.55. The standard InChI is InChI=1S/C14H27NO/c1-6-15(7-2)11-13-14(5,16-13)10-8-9-12(3)4/h9,13H,6-8,10-11H2,1-5H3. The van der Waals surface area contributed by atoms with Gasteiger partial charge in [0.15, 0.2) is 0 Å². The van der Waals surface area contributed by atoms with Crippen LogP contribution in [0.3, 0.4) is 0 Å². The third kappa shape index (κ3) is 3.91. The first-order valence-corrected chi connectivity index (χ1v) is 6.55. The maximum absolute atomic E-state index is 5.85. The van der Waals surface area contributed by atoms with Crippen molar-refractivity contribution in [2.45, 2.75) is 59.2 Å². The third-order valence-corrected chi connectivity index (χ3v) is 3.55. The summed E-state index contributed by atoms with van der Waals surface area (Å²) in [5.74, 6) is 0. The molecule has 0 spiro atoms. The van der Waals surface area contributed by atoms with Crippen LogP contribution in [0.1, 0.15) is 47.5 Å². The lowest BCUT2D eigenvalue weighted by atomic mass is 10.0.